The molecule has 0 aliphatic rings. The van der Waals surface area contributed by atoms with E-state index < -0.39 is 10.2 Å². The summed E-state index contributed by atoms with van der Waals surface area (Å²) in [5.74, 6) is 0. The van der Waals surface area contributed by atoms with Crippen LogP contribution in [0.15, 0.2) is 6.07 Å². The van der Waals surface area contributed by atoms with Crippen LogP contribution in [0.5, 0.6) is 0 Å². The van der Waals surface area contributed by atoms with E-state index in [4.69, 9.17) is 23.2 Å². The van der Waals surface area contributed by atoms with Crippen LogP contribution in [-0.2, 0) is 10.2 Å². The number of hydrogen-bond donors (Lipinski definition) is 2. The Labute approximate surface area is 98.0 Å². The van der Waals surface area contributed by atoms with Gasteiger partial charge in [0, 0.05) is 7.05 Å². The zero-order valence-corrected chi connectivity index (χ0v) is 10.3. The summed E-state index contributed by atoms with van der Waals surface area (Å²) in [4.78, 5) is 3.73. The van der Waals surface area contributed by atoms with Gasteiger partial charge in [0.25, 0.3) is 10.2 Å². The maximum Gasteiger partial charge on any atom is 0.298 e. The predicted molar refractivity (Wildman–Crippen MR) is 60.6 cm³/mol. The number of pyridine rings is 1. The van der Waals surface area contributed by atoms with Crippen molar-refractivity contribution >= 4 is 39.1 Å². The van der Waals surface area contributed by atoms with Crippen molar-refractivity contribution in [3.05, 3.63) is 21.9 Å². The number of aryl methyl sites for hydroxylation is 1. The number of nitrogens with one attached hydrogen (secondary N) is 2. The SMILES string of the molecule is CNS(=O)(=O)Nc1c(C)cc(Cl)nc1Cl. The summed E-state index contributed by atoms with van der Waals surface area (Å²) >= 11 is 11.4. The summed E-state index contributed by atoms with van der Waals surface area (Å²) in [7, 11) is -2.31. The van der Waals surface area contributed by atoms with E-state index in [-0.39, 0.29) is 16.0 Å². The van der Waals surface area contributed by atoms with Crippen molar-refractivity contribution in [1.82, 2.24) is 9.71 Å². The molecule has 0 fully saturated rings. The maximum absolute atomic E-state index is 11.2. The third-order valence-electron chi connectivity index (χ3n) is 1.65. The Balaban J connectivity index is 3.17. The molecule has 0 aliphatic carbocycles. The Bertz CT molecular complexity index is 452. The summed E-state index contributed by atoms with van der Waals surface area (Å²) in [5, 5.41) is 0.226. The van der Waals surface area contributed by atoms with Crippen molar-refractivity contribution in [2.75, 3.05) is 11.8 Å². The van der Waals surface area contributed by atoms with E-state index >= 15 is 0 Å². The van der Waals surface area contributed by atoms with Gasteiger partial charge in [0.1, 0.15) is 5.15 Å². The van der Waals surface area contributed by atoms with E-state index in [0.717, 1.165) is 0 Å². The molecule has 15 heavy (non-hydrogen) atoms. The number of hydrogen-bond acceptors (Lipinski definition) is 3. The van der Waals surface area contributed by atoms with Gasteiger partial charge in [0.05, 0.1) is 5.69 Å². The van der Waals surface area contributed by atoms with E-state index in [1.165, 1.54) is 13.1 Å². The minimum absolute atomic E-state index is 0.0128. The average Bonchev–Trinajstić information content (AvgIpc) is 2.11. The first-order valence-electron chi connectivity index (χ1n) is 3.89. The van der Waals surface area contributed by atoms with Crippen LogP contribution >= 0.6 is 23.2 Å². The van der Waals surface area contributed by atoms with Crippen LogP contribution < -0.4 is 9.44 Å². The topological polar surface area (TPSA) is 71.1 Å². The van der Waals surface area contributed by atoms with E-state index in [1.54, 1.807) is 6.92 Å². The van der Waals surface area contributed by atoms with Gasteiger partial charge < -0.3 is 0 Å². The number of rotatable bonds is 3. The van der Waals surface area contributed by atoms with Crippen LogP contribution in [0.25, 0.3) is 0 Å². The highest BCUT2D eigenvalue weighted by Crippen LogP contribution is 2.26. The smallest absolute Gasteiger partial charge is 0.268 e. The maximum atomic E-state index is 11.2. The second-order valence-electron chi connectivity index (χ2n) is 2.74. The molecule has 0 saturated heterocycles. The summed E-state index contributed by atoms with van der Waals surface area (Å²) in [5.41, 5.74) is 0.814. The molecule has 2 N–H and O–H groups in total. The monoisotopic (exact) mass is 269 g/mol. The lowest BCUT2D eigenvalue weighted by molar-refractivity contribution is 0.593. The van der Waals surface area contributed by atoms with E-state index in [1.807, 2.05) is 0 Å². The van der Waals surface area contributed by atoms with E-state index in [9.17, 15) is 8.42 Å². The van der Waals surface area contributed by atoms with E-state index in [0.29, 0.717) is 5.56 Å². The fourth-order valence-corrected chi connectivity index (χ4v) is 2.17. The first-order chi connectivity index (χ1) is 6.85. The highest BCUT2D eigenvalue weighted by Gasteiger charge is 2.13. The molecule has 0 saturated carbocycles. The normalized spacial score (nSPS) is 11.5. The molecule has 1 rings (SSSR count). The summed E-state index contributed by atoms with van der Waals surface area (Å²) in [6.07, 6.45) is 0. The van der Waals surface area contributed by atoms with Crippen LogP contribution in [0.1, 0.15) is 5.56 Å². The van der Waals surface area contributed by atoms with Gasteiger partial charge in [-0.3, -0.25) is 4.72 Å². The minimum Gasteiger partial charge on any atom is -0.268 e. The highest BCUT2D eigenvalue weighted by molar-refractivity contribution is 7.90. The predicted octanol–water partition coefficient (Wildman–Crippen LogP) is 1.57. The first-order valence-corrected chi connectivity index (χ1v) is 6.13. The molecule has 8 heteroatoms. The largest absolute Gasteiger partial charge is 0.298 e. The highest BCUT2D eigenvalue weighted by atomic mass is 35.5. The molecule has 0 unspecified atom stereocenters. The second kappa shape index (κ2) is 4.52. The molecule has 0 atom stereocenters. The molecule has 0 amide bonds. The molecule has 1 heterocycles. The quantitative estimate of drug-likeness (QED) is 0.819. The van der Waals surface area contributed by atoms with Crippen molar-refractivity contribution in [1.29, 1.82) is 0 Å². The van der Waals surface area contributed by atoms with Crippen LogP contribution in [0.2, 0.25) is 10.3 Å². The summed E-state index contributed by atoms with van der Waals surface area (Å²) < 4.78 is 26.8. The Morgan fingerprint density at radius 2 is 2.00 bits per heavy atom. The lowest BCUT2D eigenvalue weighted by atomic mass is 10.3. The van der Waals surface area contributed by atoms with E-state index in [2.05, 4.69) is 14.4 Å². The molecule has 0 bridgehead atoms. The van der Waals surface area contributed by atoms with Crippen molar-refractivity contribution in [3.8, 4) is 0 Å². The van der Waals surface area contributed by atoms with Crippen LogP contribution in [0.4, 0.5) is 5.69 Å². The first kappa shape index (κ1) is 12.5. The van der Waals surface area contributed by atoms with Gasteiger partial charge in [0.2, 0.25) is 0 Å². The van der Waals surface area contributed by atoms with Crippen molar-refractivity contribution in [3.63, 3.8) is 0 Å². The molecule has 0 radical (unpaired) electrons. The number of nitrogens with zero attached hydrogens (tertiary/aromatic N) is 1. The van der Waals surface area contributed by atoms with Gasteiger partial charge in [0.15, 0.2) is 5.15 Å². The molecular formula is C7H9Cl2N3O2S. The van der Waals surface area contributed by atoms with Gasteiger partial charge in [-0.15, -0.1) is 0 Å². The van der Waals surface area contributed by atoms with Crippen LogP contribution in [-0.4, -0.2) is 20.4 Å². The summed E-state index contributed by atoms with van der Waals surface area (Å²) in [6, 6.07) is 1.51. The molecule has 84 valence electrons. The Morgan fingerprint density at radius 3 is 2.47 bits per heavy atom. The zero-order chi connectivity index (χ0) is 11.6. The molecule has 0 aliphatic heterocycles. The van der Waals surface area contributed by atoms with Gasteiger partial charge in [-0.1, -0.05) is 23.2 Å². The lowest BCUT2D eigenvalue weighted by Gasteiger charge is -2.10. The van der Waals surface area contributed by atoms with Crippen LogP contribution in [0.3, 0.4) is 0 Å². The third kappa shape index (κ3) is 3.20. The fraction of sp³-hybridized carbons (Fsp3) is 0.286. The average molecular weight is 270 g/mol. The van der Waals surface area contributed by atoms with Crippen molar-refractivity contribution in [2.24, 2.45) is 0 Å². The van der Waals surface area contributed by atoms with Gasteiger partial charge in [-0.25, -0.2) is 9.71 Å². The number of anilines is 1. The Hall–Kier alpha value is -0.560. The molecule has 1 aromatic rings. The van der Waals surface area contributed by atoms with Gasteiger partial charge >= 0.3 is 0 Å². The second-order valence-corrected chi connectivity index (χ2v) is 5.10. The molecule has 0 spiro atoms. The Morgan fingerprint density at radius 1 is 1.40 bits per heavy atom. The zero-order valence-electron chi connectivity index (χ0n) is 8.01. The Kier molecular flexibility index (Phi) is 3.77. The minimum atomic E-state index is -3.60. The third-order valence-corrected chi connectivity index (χ3v) is 3.12. The number of halogens is 2. The number of aromatic nitrogens is 1. The standard InChI is InChI=1S/C7H9Cl2N3O2S/c1-4-3-5(8)11-7(9)6(4)12-15(13,14)10-2/h3,10,12H,1-2H3. The lowest BCUT2D eigenvalue weighted by Crippen LogP contribution is -2.27. The fourth-order valence-electron chi connectivity index (χ4n) is 0.903. The molecule has 0 aromatic carbocycles. The van der Waals surface area contributed by atoms with Crippen molar-refractivity contribution < 1.29 is 8.42 Å². The van der Waals surface area contributed by atoms with Crippen LogP contribution in [0, 0.1) is 6.92 Å². The van der Waals surface area contributed by atoms with Crippen molar-refractivity contribution in [2.45, 2.75) is 6.92 Å². The molecule has 5 nitrogen and oxygen atoms in total. The molecule has 1 aromatic heterocycles. The van der Waals surface area contributed by atoms with Gasteiger partial charge in [-0.2, -0.15) is 8.42 Å². The van der Waals surface area contributed by atoms with Gasteiger partial charge in [-0.05, 0) is 18.6 Å². The summed E-state index contributed by atoms with van der Waals surface area (Å²) in [6.45, 7) is 1.67. The molecular weight excluding hydrogens is 261 g/mol.